The maximum atomic E-state index is 3.43. The number of hydrogen-bond donors (Lipinski definition) is 3. The lowest BCUT2D eigenvalue weighted by atomic mass is 10.1. The summed E-state index contributed by atoms with van der Waals surface area (Å²) in [5, 5.41) is 8.10. The second-order valence-corrected chi connectivity index (χ2v) is 4.10. The molecule has 3 heteroatoms. The number of H-pyrrole nitrogens is 1. The Labute approximate surface area is 88.9 Å². The van der Waals surface area contributed by atoms with Gasteiger partial charge in [0, 0.05) is 36.4 Å². The van der Waals surface area contributed by atoms with Crippen molar-refractivity contribution in [1.82, 2.24) is 15.6 Å². The summed E-state index contributed by atoms with van der Waals surface area (Å²) in [6.45, 7) is 2.01. The van der Waals surface area contributed by atoms with Crippen molar-refractivity contribution in [1.29, 1.82) is 0 Å². The maximum absolute atomic E-state index is 3.43. The van der Waals surface area contributed by atoms with Crippen LogP contribution in [0, 0.1) is 0 Å². The number of rotatable bonds is 2. The van der Waals surface area contributed by atoms with E-state index in [1.165, 1.54) is 16.5 Å². The van der Waals surface area contributed by atoms with Crippen LogP contribution in [0.5, 0.6) is 0 Å². The number of nitrogens with one attached hydrogen (secondary N) is 3. The third-order valence-electron chi connectivity index (χ3n) is 3.05. The maximum Gasteiger partial charge on any atom is 0.0457 e. The molecule has 3 N–H and O–H groups in total. The molecule has 0 unspecified atom stereocenters. The summed E-state index contributed by atoms with van der Waals surface area (Å²) < 4.78 is 0. The molecule has 1 atom stereocenters. The first-order valence-corrected chi connectivity index (χ1v) is 5.42. The lowest BCUT2D eigenvalue weighted by molar-refractivity contribution is 0.631. The molecule has 1 aromatic carbocycles. The summed E-state index contributed by atoms with van der Waals surface area (Å²) in [5.74, 6) is 0. The van der Waals surface area contributed by atoms with E-state index in [0.29, 0.717) is 6.04 Å². The normalized spacial score (nSPS) is 21.2. The minimum atomic E-state index is 0.573. The Bertz CT molecular complexity index is 455. The van der Waals surface area contributed by atoms with Gasteiger partial charge in [0.15, 0.2) is 0 Å². The third-order valence-corrected chi connectivity index (χ3v) is 3.05. The van der Waals surface area contributed by atoms with Crippen LogP contribution < -0.4 is 10.6 Å². The SMILES string of the molecule is c1ccc2c(C[C@H]3CNCN3)c[nH]c2c1. The van der Waals surface area contributed by atoms with Crippen molar-refractivity contribution in [3.8, 4) is 0 Å². The average Bonchev–Trinajstić information content (AvgIpc) is 2.89. The summed E-state index contributed by atoms with van der Waals surface area (Å²) in [4.78, 5) is 3.31. The zero-order valence-electron chi connectivity index (χ0n) is 8.59. The summed E-state index contributed by atoms with van der Waals surface area (Å²) in [7, 11) is 0. The average molecular weight is 201 g/mol. The number of para-hydroxylation sites is 1. The molecule has 1 aliphatic rings. The van der Waals surface area contributed by atoms with Crippen LogP contribution in [-0.2, 0) is 6.42 Å². The van der Waals surface area contributed by atoms with Gasteiger partial charge in [-0.2, -0.15) is 0 Å². The van der Waals surface area contributed by atoms with Crippen molar-refractivity contribution in [2.45, 2.75) is 12.5 Å². The Morgan fingerprint density at radius 2 is 2.20 bits per heavy atom. The smallest absolute Gasteiger partial charge is 0.0457 e. The van der Waals surface area contributed by atoms with Gasteiger partial charge in [0.05, 0.1) is 0 Å². The summed E-state index contributed by atoms with van der Waals surface area (Å²) in [5.41, 5.74) is 2.64. The fourth-order valence-electron chi connectivity index (χ4n) is 2.25. The molecule has 0 amide bonds. The molecule has 3 rings (SSSR count). The summed E-state index contributed by atoms with van der Waals surface area (Å²) in [6.07, 6.45) is 3.22. The van der Waals surface area contributed by atoms with Crippen molar-refractivity contribution in [2.75, 3.05) is 13.2 Å². The molecule has 1 fully saturated rings. The number of benzene rings is 1. The molecule has 2 heterocycles. The van der Waals surface area contributed by atoms with Gasteiger partial charge < -0.3 is 15.6 Å². The van der Waals surface area contributed by atoms with E-state index < -0.39 is 0 Å². The molecule has 0 saturated carbocycles. The van der Waals surface area contributed by atoms with Gasteiger partial charge in [0.25, 0.3) is 0 Å². The van der Waals surface area contributed by atoms with Gasteiger partial charge in [-0.3, -0.25) is 0 Å². The topological polar surface area (TPSA) is 39.8 Å². The van der Waals surface area contributed by atoms with Gasteiger partial charge in [-0.05, 0) is 18.1 Å². The second-order valence-electron chi connectivity index (χ2n) is 4.10. The Kier molecular flexibility index (Phi) is 2.19. The highest BCUT2D eigenvalue weighted by atomic mass is 15.2. The van der Waals surface area contributed by atoms with Crippen LogP contribution >= 0.6 is 0 Å². The number of aromatic nitrogens is 1. The van der Waals surface area contributed by atoms with Gasteiger partial charge in [0.1, 0.15) is 0 Å². The van der Waals surface area contributed by atoms with Crippen molar-refractivity contribution in [2.24, 2.45) is 0 Å². The Morgan fingerprint density at radius 1 is 1.27 bits per heavy atom. The lowest BCUT2D eigenvalue weighted by Crippen LogP contribution is -2.25. The van der Waals surface area contributed by atoms with Crippen molar-refractivity contribution < 1.29 is 0 Å². The van der Waals surface area contributed by atoms with E-state index >= 15 is 0 Å². The highest BCUT2D eigenvalue weighted by Gasteiger charge is 2.15. The van der Waals surface area contributed by atoms with Gasteiger partial charge in [-0.1, -0.05) is 18.2 Å². The van der Waals surface area contributed by atoms with Crippen LogP contribution in [0.2, 0.25) is 0 Å². The van der Waals surface area contributed by atoms with Gasteiger partial charge >= 0.3 is 0 Å². The molecule has 78 valence electrons. The molecule has 15 heavy (non-hydrogen) atoms. The Hall–Kier alpha value is -1.32. The molecule has 2 aromatic rings. The molecule has 3 nitrogen and oxygen atoms in total. The van der Waals surface area contributed by atoms with E-state index in [-0.39, 0.29) is 0 Å². The largest absolute Gasteiger partial charge is 0.361 e. The third kappa shape index (κ3) is 1.64. The van der Waals surface area contributed by atoms with Crippen molar-refractivity contribution in [3.05, 3.63) is 36.0 Å². The van der Waals surface area contributed by atoms with E-state index in [1.807, 2.05) is 0 Å². The monoisotopic (exact) mass is 201 g/mol. The van der Waals surface area contributed by atoms with E-state index in [4.69, 9.17) is 0 Å². The molecule has 0 bridgehead atoms. The number of hydrogen-bond acceptors (Lipinski definition) is 2. The van der Waals surface area contributed by atoms with E-state index in [1.54, 1.807) is 0 Å². The van der Waals surface area contributed by atoms with E-state index in [9.17, 15) is 0 Å². The zero-order chi connectivity index (χ0) is 10.1. The lowest BCUT2D eigenvalue weighted by Gasteiger charge is -2.07. The Morgan fingerprint density at radius 3 is 3.07 bits per heavy atom. The molecule has 0 spiro atoms. The molecular weight excluding hydrogens is 186 g/mol. The first kappa shape index (κ1) is 8.95. The first-order valence-electron chi connectivity index (χ1n) is 5.42. The van der Waals surface area contributed by atoms with Crippen LogP contribution in [-0.4, -0.2) is 24.2 Å². The molecule has 1 aliphatic heterocycles. The molecular formula is C12H15N3. The van der Waals surface area contributed by atoms with Crippen LogP contribution in [0.15, 0.2) is 30.5 Å². The van der Waals surface area contributed by atoms with Crippen molar-refractivity contribution in [3.63, 3.8) is 0 Å². The summed E-state index contributed by atoms with van der Waals surface area (Å²) >= 11 is 0. The van der Waals surface area contributed by atoms with Crippen LogP contribution in [0.25, 0.3) is 10.9 Å². The van der Waals surface area contributed by atoms with Crippen LogP contribution in [0.3, 0.4) is 0 Å². The minimum absolute atomic E-state index is 0.573. The second kappa shape index (κ2) is 3.68. The van der Waals surface area contributed by atoms with Gasteiger partial charge in [0.2, 0.25) is 0 Å². The minimum Gasteiger partial charge on any atom is -0.361 e. The predicted octanol–water partition coefficient (Wildman–Crippen LogP) is 1.23. The Balaban J connectivity index is 1.90. The molecule has 1 saturated heterocycles. The quantitative estimate of drug-likeness (QED) is 0.684. The predicted molar refractivity (Wildman–Crippen MR) is 61.8 cm³/mol. The molecule has 0 radical (unpaired) electrons. The number of fused-ring (bicyclic) bond motifs is 1. The number of aromatic amines is 1. The first-order chi connectivity index (χ1) is 7.43. The fraction of sp³-hybridized carbons (Fsp3) is 0.333. The van der Waals surface area contributed by atoms with E-state index in [2.05, 4.69) is 46.1 Å². The zero-order valence-corrected chi connectivity index (χ0v) is 8.59. The molecule has 1 aromatic heterocycles. The van der Waals surface area contributed by atoms with Crippen LogP contribution in [0.4, 0.5) is 0 Å². The highest BCUT2D eigenvalue weighted by molar-refractivity contribution is 5.83. The fourth-order valence-corrected chi connectivity index (χ4v) is 2.25. The van der Waals surface area contributed by atoms with Gasteiger partial charge in [-0.15, -0.1) is 0 Å². The van der Waals surface area contributed by atoms with Gasteiger partial charge in [-0.25, -0.2) is 0 Å². The van der Waals surface area contributed by atoms with Crippen LogP contribution in [0.1, 0.15) is 5.56 Å². The summed E-state index contributed by atoms with van der Waals surface area (Å²) in [6, 6.07) is 9.05. The standard InChI is InChI=1S/C12H15N3/c1-2-4-12-11(3-1)9(6-14-12)5-10-7-13-8-15-10/h1-4,6,10,13-15H,5,7-8H2/t10-/m0/s1. The molecule has 0 aliphatic carbocycles. The van der Waals surface area contributed by atoms with E-state index in [0.717, 1.165) is 19.6 Å². The highest BCUT2D eigenvalue weighted by Crippen LogP contribution is 2.19. The van der Waals surface area contributed by atoms with Crippen molar-refractivity contribution >= 4 is 10.9 Å².